The number of Topliss-reactive ketones (excluding diaryl/α,β-unsaturated/α-hetero) is 5. The first kappa shape index (κ1) is 92.0. The molecular formula is C92H119Cl3N12O16S. The monoisotopic (exact) mass is 1780 g/mol. The molecule has 19 rings (SSSR count). The molecule has 28 nitrogen and oxygen atoms in total. The largest absolute Gasteiger partial charge is 0.515 e. The number of hydrogen-bond acceptors (Lipinski definition) is 25. The molecule has 0 unspecified atom stereocenters. The predicted octanol–water partition coefficient (Wildman–Crippen LogP) is 14.5. The molecule has 1 saturated heterocycles. The molecule has 7 heterocycles. The van der Waals surface area contributed by atoms with Gasteiger partial charge in [0.1, 0.15) is 28.3 Å². The van der Waals surface area contributed by atoms with Crippen LogP contribution in [-0.2, 0) is 104 Å². The molecule has 32 heteroatoms. The van der Waals surface area contributed by atoms with Gasteiger partial charge in [0.05, 0.1) is 77.8 Å². The number of ether oxygens (including phenoxy) is 7. The van der Waals surface area contributed by atoms with E-state index in [4.69, 9.17) is 80.2 Å². The Morgan fingerprint density at radius 2 is 0.758 bits per heavy atom. The molecule has 1 spiro atoms. The Balaban J connectivity index is 0.000000121. The van der Waals surface area contributed by atoms with Crippen molar-refractivity contribution in [3.63, 3.8) is 0 Å². The van der Waals surface area contributed by atoms with Gasteiger partial charge in [0.2, 0.25) is 28.2 Å². The summed E-state index contributed by atoms with van der Waals surface area (Å²) in [5.41, 5.74) is 10.1. The highest BCUT2D eigenvalue weighted by molar-refractivity contribution is 7.71. The van der Waals surface area contributed by atoms with Crippen molar-refractivity contribution in [2.45, 2.75) is 269 Å². The van der Waals surface area contributed by atoms with Crippen LogP contribution in [0.5, 0.6) is 29.7 Å². The highest BCUT2D eigenvalue weighted by Crippen LogP contribution is 2.60. The molecule has 18 atom stereocenters. The molecule has 0 amide bonds. The number of rotatable bonds is 5. The third-order valence-electron chi connectivity index (χ3n) is 32.4. The lowest BCUT2D eigenvalue weighted by Crippen LogP contribution is -2.56. The first-order chi connectivity index (χ1) is 58.8. The maximum absolute atomic E-state index is 12.4. The van der Waals surface area contributed by atoms with Crippen LogP contribution in [0.15, 0.2) is 26.2 Å². The van der Waals surface area contributed by atoms with Crippen molar-refractivity contribution in [3.05, 3.63) is 131 Å². The number of carbonyl (C=O) groups is 5. The van der Waals surface area contributed by atoms with Crippen molar-refractivity contribution in [3.8, 4) is 29.7 Å². The summed E-state index contributed by atoms with van der Waals surface area (Å²) in [5, 5.41) is 10.4. The Bertz CT molecular complexity index is 5500. The summed E-state index contributed by atoms with van der Waals surface area (Å²) in [4.78, 5) is 142. The fourth-order valence-electron chi connectivity index (χ4n) is 25.3. The van der Waals surface area contributed by atoms with Crippen molar-refractivity contribution in [2.75, 3.05) is 48.8 Å². The summed E-state index contributed by atoms with van der Waals surface area (Å²) < 4.78 is 39.1. The van der Waals surface area contributed by atoms with Gasteiger partial charge in [-0.2, -0.15) is 24.9 Å². The maximum atomic E-state index is 12.4. The molecule has 6 aromatic heterocycles. The number of aliphatic hydroxyl groups excluding tert-OH is 1. The second-order valence-electron chi connectivity index (χ2n) is 38.2. The van der Waals surface area contributed by atoms with Crippen molar-refractivity contribution in [1.29, 1.82) is 0 Å². The number of allylic oxidation sites excluding steroid dienone is 1. The summed E-state index contributed by atoms with van der Waals surface area (Å²) >= 11 is 23.4. The SMILES string of the molecule is COc1nc(Cl)nc2c1CC[C@H]1[C@H](C)C(=O)CC[C@]21C.COc1nc(OC)c2c(n1)[C@@]1(C)C/C(=C/O)C(=O)[C@@H](C)[C@@H]1CC2.COc1nc(OC)c2c(n1)[C@@]1(C)CCC(=O)[C@@H](C)[C@@H]1CC2.C[C@@H]1C(=O)CC[C@]2(C)c3[nH]c(=O)[nH]c(=O)c3CC[C@@H]12.C[C@@H]1C(=O)CC[C@]2(C)c3nc(Cl)nc(Cl)c3CC[C@@H]12.C[C@H]1[C@@H]2CCc3c([nH]c(=S)[nH]c3=O)[C@@]2(C)CCC12OCCO2. The van der Waals surface area contributed by atoms with Crippen LogP contribution >= 0.6 is 47.0 Å². The lowest BCUT2D eigenvalue weighted by Gasteiger charge is -2.54. The first-order valence-electron chi connectivity index (χ1n) is 44.1. The molecule has 0 bridgehead atoms. The number of carbonyl (C=O) groups excluding carboxylic acids is 5. The highest BCUT2D eigenvalue weighted by atomic mass is 35.5. The van der Waals surface area contributed by atoms with Crippen LogP contribution in [0.25, 0.3) is 0 Å². The Morgan fingerprint density at radius 3 is 1.21 bits per heavy atom. The Labute approximate surface area is 743 Å². The fourth-order valence-corrected chi connectivity index (χ4v) is 26.1. The summed E-state index contributed by atoms with van der Waals surface area (Å²) in [6.07, 6.45) is 19.3. The number of nitrogens with one attached hydrogen (secondary N) is 4. The molecule has 5 N–H and O–H groups in total. The molecular weight excluding hydrogens is 1670 g/mol. The molecule has 6 saturated carbocycles. The number of aromatic amines is 4. The smallest absolute Gasteiger partial charge is 0.325 e. The number of halogens is 3. The van der Waals surface area contributed by atoms with Crippen LogP contribution in [0, 0.1) is 75.8 Å². The van der Waals surface area contributed by atoms with Gasteiger partial charge in [-0.05, 0) is 187 Å². The lowest BCUT2D eigenvalue weighted by atomic mass is 9.55. The van der Waals surface area contributed by atoms with Gasteiger partial charge in [0.15, 0.2) is 16.3 Å². The van der Waals surface area contributed by atoms with E-state index in [2.05, 4.69) is 122 Å². The van der Waals surface area contributed by atoms with Gasteiger partial charge in [-0.3, -0.25) is 43.5 Å². The van der Waals surface area contributed by atoms with Crippen molar-refractivity contribution in [1.82, 2.24) is 59.8 Å². The summed E-state index contributed by atoms with van der Waals surface area (Å²) in [6, 6.07) is 0.610. The predicted molar refractivity (Wildman–Crippen MR) is 467 cm³/mol. The second-order valence-corrected chi connectivity index (χ2v) is 39.7. The normalized spacial score (nSPS) is 33.1. The van der Waals surface area contributed by atoms with Crippen LogP contribution in [0.4, 0.5) is 0 Å². The molecule has 124 heavy (non-hydrogen) atoms. The topological polar surface area (TPSA) is 388 Å². The van der Waals surface area contributed by atoms with Crippen LogP contribution in [0.2, 0.25) is 15.7 Å². The van der Waals surface area contributed by atoms with Gasteiger partial charge in [-0.15, -0.1) is 0 Å². The number of aliphatic hydroxyl groups is 1. The number of ketones is 5. The number of H-pyrrole nitrogens is 4. The lowest BCUT2D eigenvalue weighted by molar-refractivity contribution is -0.234. The number of hydrogen-bond donors (Lipinski definition) is 5. The number of aromatic nitrogens is 12. The van der Waals surface area contributed by atoms with Gasteiger partial charge >= 0.3 is 17.7 Å². The fraction of sp³-hybridized carbons (Fsp3) is 0.663. The van der Waals surface area contributed by atoms with E-state index in [9.17, 15) is 43.5 Å². The molecule has 1 aliphatic heterocycles. The highest BCUT2D eigenvalue weighted by Gasteiger charge is 2.60. The van der Waals surface area contributed by atoms with Crippen molar-refractivity contribution < 1.29 is 62.2 Å². The average Bonchev–Trinajstić information content (AvgIpc) is 1.55. The van der Waals surface area contributed by atoms with E-state index in [0.717, 1.165) is 171 Å². The van der Waals surface area contributed by atoms with Gasteiger partial charge in [0.25, 0.3) is 11.1 Å². The van der Waals surface area contributed by atoms with Gasteiger partial charge in [0, 0.05) is 150 Å². The summed E-state index contributed by atoms with van der Waals surface area (Å²) in [7, 11) is 7.92. The zero-order valence-corrected chi connectivity index (χ0v) is 77.5. The number of nitrogens with zero attached hydrogens (tertiary/aromatic N) is 8. The Morgan fingerprint density at radius 1 is 0.395 bits per heavy atom. The van der Waals surface area contributed by atoms with Crippen molar-refractivity contribution >= 4 is 75.9 Å². The minimum Gasteiger partial charge on any atom is -0.515 e. The molecule has 670 valence electrons. The minimum atomic E-state index is -0.449. The van der Waals surface area contributed by atoms with Crippen LogP contribution in [-0.4, -0.2) is 148 Å². The van der Waals surface area contributed by atoms with Crippen molar-refractivity contribution in [2.24, 2.45) is 71.0 Å². The molecule has 12 aliphatic carbocycles. The third kappa shape index (κ3) is 16.0. The van der Waals surface area contributed by atoms with Crippen LogP contribution in [0.3, 0.4) is 0 Å². The van der Waals surface area contributed by atoms with Gasteiger partial charge < -0.3 is 48.2 Å². The summed E-state index contributed by atoms with van der Waals surface area (Å²) in [5.74, 6) is 5.10. The molecule has 13 aliphatic rings. The van der Waals surface area contributed by atoms with E-state index in [1.54, 1.807) is 28.4 Å². The van der Waals surface area contributed by atoms with Gasteiger partial charge in [-0.1, -0.05) is 94.7 Å². The first-order valence-corrected chi connectivity index (χ1v) is 45.6. The van der Waals surface area contributed by atoms with Crippen LogP contribution < -0.4 is 40.5 Å². The number of methoxy groups -OCH3 is 5. The zero-order valence-electron chi connectivity index (χ0n) is 74.4. The van der Waals surface area contributed by atoms with Gasteiger partial charge in [-0.25, -0.2) is 19.7 Å². The molecule has 0 aromatic carbocycles. The third-order valence-corrected chi connectivity index (χ3v) is 33.2. The maximum Gasteiger partial charge on any atom is 0.325 e. The van der Waals surface area contributed by atoms with E-state index in [1.165, 1.54) is 7.11 Å². The molecule has 6 aromatic rings. The van der Waals surface area contributed by atoms with Crippen LogP contribution in [0.1, 0.15) is 260 Å². The second kappa shape index (κ2) is 35.4. The molecule has 7 fully saturated rings. The quantitative estimate of drug-likeness (QED) is 0.0352. The minimum absolute atomic E-state index is 0.00897. The van der Waals surface area contributed by atoms with E-state index < -0.39 is 11.5 Å². The standard InChI is InChI=1S/C17H22N2O4.C16H22N2O3S.C16H22N2O3.C15H19ClN2O2.C14H16Cl2N2O.C14H18N2O3/c1-9-12-6-5-11-14(18-16(23-4)19-15(11)22-3)17(12,2)7-10(8-20)13(9)21;1-9-11-4-3-10-12(17-14(22)18-13(10)19)15(11,2)5-6-16(9)20-7-8-21-16;1-9-11-6-5-10-13(16(11,2)8-7-12(9)19)17-15(21-4)18-14(10)20-3;1-8-10-5-4-9-12(15(10,2)7-6-11(8)19)17-14(16)18-13(9)20-3;1-7-9-4-3-8-11(17-13(16)18-12(8)15)14(9,2)6-5-10(7)19;1-7-9-4-3-8-11(15-13(19)16-12(8)18)14(9,2)6-5-10(7)17/h8-9,12,20H,5-7H2,1-4H3;9,11H,3-8H2,1-2H3,(H2,17,18,19,22);9,11H,5-8H2,1-4H3;8,10H,4-7H2,1-3H3;7,9H,3-6H2,1-2H3;7,9H,3-6H2,1-2H3,(H2,15,16,18,19)/b10-8-;;;;;/t9-,12-,17-;9-,11-,15-;9-,11-,16-;8-,10-,15-;2*7-,9-,14-/m000000/s1. The van der Waals surface area contributed by atoms with E-state index in [1.807, 2.05) is 20.8 Å². The van der Waals surface area contributed by atoms with E-state index in [0.29, 0.717) is 156 Å². The Hall–Kier alpha value is -8.22. The van der Waals surface area contributed by atoms with E-state index >= 15 is 0 Å². The number of fused-ring (bicyclic) bond motifs is 18. The summed E-state index contributed by atoms with van der Waals surface area (Å²) in [6.45, 7) is 26.7. The zero-order chi connectivity index (χ0) is 89.6. The molecule has 0 radical (unpaired) electrons. The Kier molecular flexibility index (Phi) is 26.3. The van der Waals surface area contributed by atoms with E-state index in [-0.39, 0.29) is 107 Å². The average molecular weight is 1790 g/mol.